The molecule has 1 N–H and O–H groups in total. The zero-order valence-corrected chi connectivity index (χ0v) is 14.6. The van der Waals surface area contributed by atoms with E-state index in [1.54, 1.807) is 19.1 Å². The zero-order valence-electron chi connectivity index (χ0n) is 13.8. The van der Waals surface area contributed by atoms with E-state index < -0.39 is 0 Å². The van der Waals surface area contributed by atoms with E-state index >= 15 is 0 Å². The van der Waals surface area contributed by atoms with Crippen LogP contribution in [0.3, 0.4) is 0 Å². The van der Waals surface area contributed by atoms with Gasteiger partial charge in [-0.15, -0.1) is 11.3 Å². The number of ether oxygens (including phenoxy) is 1. The van der Waals surface area contributed by atoms with E-state index in [1.165, 1.54) is 23.5 Å². The Balaban J connectivity index is 1.89. The maximum atomic E-state index is 13.0. The number of nitrogens with one attached hydrogen (secondary N) is 1. The lowest BCUT2D eigenvalue weighted by atomic mass is 10.0. The fraction of sp³-hybridized carbons (Fsp3) is 0.150. The van der Waals surface area contributed by atoms with Crippen LogP contribution in [0.1, 0.15) is 22.8 Å². The van der Waals surface area contributed by atoms with Gasteiger partial charge in [0.25, 0.3) is 0 Å². The number of carbonyl (C=O) groups excluding carboxylic acids is 1. The van der Waals surface area contributed by atoms with Crippen molar-refractivity contribution in [3.63, 3.8) is 0 Å². The van der Waals surface area contributed by atoms with Crippen LogP contribution in [0.25, 0.3) is 11.1 Å². The van der Waals surface area contributed by atoms with E-state index in [0.717, 1.165) is 21.7 Å². The van der Waals surface area contributed by atoms with Gasteiger partial charge in [0, 0.05) is 17.5 Å². The predicted molar refractivity (Wildman–Crippen MR) is 99.4 cm³/mol. The van der Waals surface area contributed by atoms with Crippen molar-refractivity contribution in [2.45, 2.75) is 13.5 Å². The van der Waals surface area contributed by atoms with Gasteiger partial charge in [-0.3, -0.25) is 0 Å². The Labute approximate surface area is 150 Å². The standard InChI is InChI=1S/C20H18FNO2S/c1-2-24-20(23)18-17(15-6-4-3-5-7-15)13-25-19(18)22-12-14-8-10-16(21)11-9-14/h3-11,13,22H,2,12H2,1H3. The molecule has 2 aromatic carbocycles. The molecule has 0 aliphatic carbocycles. The molecular weight excluding hydrogens is 337 g/mol. The van der Waals surface area contributed by atoms with E-state index in [2.05, 4.69) is 5.32 Å². The van der Waals surface area contributed by atoms with Gasteiger partial charge in [-0.2, -0.15) is 0 Å². The van der Waals surface area contributed by atoms with E-state index in [9.17, 15) is 9.18 Å². The van der Waals surface area contributed by atoms with Crippen LogP contribution in [0.5, 0.6) is 0 Å². The summed E-state index contributed by atoms with van der Waals surface area (Å²) in [5, 5.41) is 5.98. The van der Waals surface area contributed by atoms with Gasteiger partial charge in [-0.05, 0) is 30.2 Å². The Morgan fingerprint density at radius 2 is 1.84 bits per heavy atom. The summed E-state index contributed by atoms with van der Waals surface area (Å²) in [6.07, 6.45) is 0. The van der Waals surface area contributed by atoms with Crippen LogP contribution < -0.4 is 5.32 Å². The summed E-state index contributed by atoms with van der Waals surface area (Å²) in [6, 6.07) is 16.0. The van der Waals surface area contributed by atoms with Crippen molar-refractivity contribution < 1.29 is 13.9 Å². The van der Waals surface area contributed by atoms with Gasteiger partial charge in [0.15, 0.2) is 0 Å². The summed E-state index contributed by atoms with van der Waals surface area (Å²) in [5.41, 5.74) is 3.30. The molecule has 0 atom stereocenters. The smallest absolute Gasteiger partial charge is 0.341 e. The van der Waals surface area contributed by atoms with Crippen molar-refractivity contribution in [2.75, 3.05) is 11.9 Å². The highest BCUT2D eigenvalue weighted by atomic mass is 32.1. The summed E-state index contributed by atoms with van der Waals surface area (Å²) in [6.45, 7) is 2.61. The molecule has 1 heterocycles. The van der Waals surface area contributed by atoms with Gasteiger partial charge >= 0.3 is 5.97 Å². The zero-order chi connectivity index (χ0) is 17.6. The fourth-order valence-corrected chi connectivity index (χ4v) is 3.46. The summed E-state index contributed by atoms with van der Waals surface area (Å²) in [4.78, 5) is 12.5. The van der Waals surface area contributed by atoms with Crippen molar-refractivity contribution in [3.8, 4) is 11.1 Å². The second-order valence-corrected chi connectivity index (χ2v) is 6.30. The normalized spacial score (nSPS) is 10.5. The average Bonchev–Trinajstić information content (AvgIpc) is 3.06. The monoisotopic (exact) mass is 355 g/mol. The topological polar surface area (TPSA) is 38.3 Å². The predicted octanol–water partition coefficient (Wildman–Crippen LogP) is 5.34. The number of hydrogen-bond acceptors (Lipinski definition) is 4. The molecule has 5 heteroatoms. The number of hydrogen-bond donors (Lipinski definition) is 1. The van der Waals surface area contributed by atoms with Gasteiger partial charge in [0.1, 0.15) is 16.4 Å². The Hall–Kier alpha value is -2.66. The minimum atomic E-state index is -0.343. The molecule has 25 heavy (non-hydrogen) atoms. The molecular formula is C20H18FNO2S. The van der Waals surface area contributed by atoms with Crippen LogP contribution >= 0.6 is 11.3 Å². The molecule has 0 aliphatic rings. The molecule has 3 rings (SSSR count). The highest BCUT2D eigenvalue weighted by molar-refractivity contribution is 7.15. The average molecular weight is 355 g/mol. The first-order valence-corrected chi connectivity index (χ1v) is 8.89. The largest absolute Gasteiger partial charge is 0.462 e. The van der Waals surface area contributed by atoms with Crippen LogP contribution in [-0.4, -0.2) is 12.6 Å². The maximum absolute atomic E-state index is 13.0. The van der Waals surface area contributed by atoms with Gasteiger partial charge < -0.3 is 10.1 Å². The van der Waals surface area contributed by atoms with Crippen molar-refractivity contribution >= 4 is 22.3 Å². The Morgan fingerprint density at radius 1 is 1.12 bits per heavy atom. The number of rotatable bonds is 6. The lowest BCUT2D eigenvalue weighted by molar-refractivity contribution is 0.0529. The van der Waals surface area contributed by atoms with Crippen molar-refractivity contribution in [3.05, 3.63) is 76.9 Å². The molecule has 3 aromatic rings. The van der Waals surface area contributed by atoms with Crippen LogP contribution in [0, 0.1) is 5.82 Å². The molecule has 0 aliphatic heterocycles. The molecule has 0 saturated heterocycles. The molecule has 0 bridgehead atoms. The number of benzene rings is 2. The number of esters is 1. The van der Waals surface area contributed by atoms with Crippen LogP contribution in [-0.2, 0) is 11.3 Å². The number of anilines is 1. The maximum Gasteiger partial charge on any atom is 0.341 e. The van der Waals surface area contributed by atoms with Gasteiger partial charge in [0.05, 0.1) is 6.61 Å². The molecule has 0 saturated carbocycles. The van der Waals surface area contributed by atoms with E-state index in [-0.39, 0.29) is 11.8 Å². The van der Waals surface area contributed by atoms with Crippen LogP contribution in [0.15, 0.2) is 60.0 Å². The molecule has 0 radical (unpaired) electrons. The van der Waals surface area contributed by atoms with Gasteiger partial charge in [-0.25, -0.2) is 9.18 Å². The molecule has 0 fully saturated rings. The highest BCUT2D eigenvalue weighted by Crippen LogP contribution is 2.36. The number of halogens is 1. The quantitative estimate of drug-likeness (QED) is 0.606. The second kappa shape index (κ2) is 7.94. The molecule has 0 unspecified atom stereocenters. The number of thiophene rings is 1. The molecule has 0 spiro atoms. The molecule has 0 amide bonds. The molecule has 128 valence electrons. The van der Waals surface area contributed by atoms with Crippen LogP contribution in [0.4, 0.5) is 9.39 Å². The molecule has 3 nitrogen and oxygen atoms in total. The molecule has 1 aromatic heterocycles. The summed E-state index contributed by atoms with van der Waals surface area (Å²) < 4.78 is 18.3. The minimum absolute atomic E-state index is 0.265. The first-order valence-electron chi connectivity index (χ1n) is 8.01. The SMILES string of the molecule is CCOC(=O)c1c(-c2ccccc2)csc1NCc1ccc(F)cc1. The lowest BCUT2D eigenvalue weighted by Crippen LogP contribution is -2.09. The van der Waals surface area contributed by atoms with Crippen molar-refractivity contribution in [1.29, 1.82) is 0 Å². The second-order valence-electron chi connectivity index (χ2n) is 5.42. The fourth-order valence-electron chi connectivity index (χ4n) is 2.51. The van der Waals surface area contributed by atoms with Gasteiger partial charge in [0.2, 0.25) is 0 Å². The highest BCUT2D eigenvalue weighted by Gasteiger charge is 2.21. The van der Waals surface area contributed by atoms with Gasteiger partial charge in [-0.1, -0.05) is 42.5 Å². The Bertz CT molecular complexity index is 844. The van der Waals surface area contributed by atoms with E-state index in [0.29, 0.717) is 18.7 Å². The van der Waals surface area contributed by atoms with Crippen molar-refractivity contribution in [1.82, 2.24) is 0 Å². The lowest BCUT2D eigenvalue weighted by Gasteiger charge is -2.09. The first kappa shape index (κ1) is 17.2. The summed E-state index contributed by atoms with van der Waals surface area (Å²) in [7, 11) is 0. The van der Waals surface area contributed by atoms with Crippen LogP contribution in [0.2, 0.25) is 0 Å². The van der Waals surface area contributed by atoms with E-state index in [1.807, 2.05) is 35.7 Å². The Morgan fingerprint density at radius 3 is 2.52 bits per heavy atom. The third-order valence-electron chi connectivity index (χ3n) is 3.72. The first-order chi connectivity index (χ1) is 12.2. The third-order valence-corrected chi connectivity index (χ3v) is 4.66. The Kier molecular flexibility index (Phi) is 5.46. The minimum Gasteiger partial charge on any atom is -0.462 e. The summed E-state index contributed by atoms with van der Waals surface area (Å²) in [5.74, 6) is -0.609. The van der Waals surface area contributed by atoms with E-state index in [4.69, 9.17) is 4.74 Å². The third kappa shape index (κ3) is 4.06. The number of carbonyl (C=O) groups is 1. The summed E-state index contributed by atoms with van der Waals surface area (Å²) >= 11 is 1.46. The van der Waals surface area contributed by atoms with Crippen molar-refractivity contribution in [2.24, 2.45) is 0 Å².